The number of carbonyl (C=O) groups is 2. The van der Waals surface area contributed by atoms with Gasteiger partial charge in [-0.05, 0) is 42.0 Å². The minimum Gasteiger partial charge on any atom is -0.478 e. The van der Waals surface area contributed by atoms with Gasteiger partial charge in [0, 0.05) is 11.8 Å². The van der Waals surface area contributed by atoms with Gasteiger partial charge >= 0.3 is 12.1 Å². The summed E-state index contributed by atoms with van der Waals surface area (Å²) in [6.45, 7) is -0.501. The molecule has 2 aromatic carbocycles. The van der Waals surface area contributed by atoms with Gasteiger partial charge in [-0.15, -0.1) is 0 Å². The van der Waals surface area contributed by atoms with Gasteiger partial charge in [-0.3, -0.25) is 9.78 Å². The van der Waals surface area contributed by atoms with Crippen LogP contribution in [0, 0.1) is 5.82 Å². The van der Waals surface area contributed by atoms with Gasteiger partial charge in [0.25, 0.3) is 5.91 Å². The smallest absolute Gasteiger partial charge is 0.417 e. The van der Waals surface area contributed by atoms with Crippen LogP contribution in [0.15, 0.2) is 48.7 Å². The highest BCUT2D eigenvalue weighted by atomic mass is 35.5. The number of carbonyl (C=O) groups excluding carboxylic acids is 1. The maximum absolute atomic E-state index is 14.8. The molecule has 2 heterocycles. The number of alkyl halides is 3. The van der Waals surface area contributed by atoms with Crippen LogP contribution in [0.4, 0.5) is 17.6 Å². The number of hydrogen-bond acceptors (Lipinski definition) is 5. The van der Waals surface area contributed by atoms with Gasteiger partial charge < -0.3 is 10.2 Å². The van der Waals surface area contributed by atoms with Crippen molar-refractivity contribution in [1.82, 2.24) is 14.8 Å². The Labute approximate surface area is 192 Å². The highest BCUT2D eigenvalue weighted by molar-refractivity contribution is 6.34. The summed E-state index contributed by atoms with van der Waals surface area (Å²) in [4.78, 5) is 28.5. The molecule has 0 atom stereocenters. The molecule has 0 spiro atoms. The molecule has 0 fully saturated rings. The van der Waals surface area contributed by atoms with Crippen molar-refractivity contribution in [3.63, 3.8) is 0 Å². The van der Waals surface area contributed by atoms with Crippen LogP contribution in [0.5, 0.6) is 0 Å². The van der Waals surface area contributed by atoms with Gasteiger partial charge in [-0.2, -0.15) is 23.0 Å². The SMILES string of the molecule is O=C(O)c1ccc(-c2nn(C(=O)c3c(Cl)cccc3C(F)(F)F)c3cc(CO)cnc23)c(F)c1. The van der Waals surface area contributed by atoms with Gasteiger partial charge in [0.15, 0.2) is 0 Å². The lowest BCUT2D eigenvalue weighted by molar-refractivity contribution is -0.137. The highest BCUT2D eigenvalue weighted by Gasteiger charge is 2.37. The van der Waals surface area contributed by atoms with Crippen LogP contribution in [-0.2, 0) is 12.8 Å². The summed E-state index contributed by atoms with van der Waals surface area (Å²) in [5.74, 6) is -3.63. The number of carboxylic acids is 1. The number of aliphatic hydroxyl groups is 1. The van der Waals surface area contributed by atoms with E-state index >= 15 is 0 Å². The van der Waals surface area contributed by atoms with Crippen LogP contribution < -0.4 is 0 Å². The molecule has 7 nitrogen and oxygen atoms in total. The van der Waals surface area contributed by atoms with E-state index < -0.39 is 46.6 Å². The van der Waals surface area contributed by atoms with Crippen molar-refractivity contribution in [2.75, 3.05) is 0 Å². The van der Waals surface area contributed by atoms with E-state index in [1.807, 2.05) is 0 Å². The Balaban J connectivity index is 1.99. The van der Waals surface area contributed by atoms with Crippen molar-refractivity contribution in [2.24, 2.45) is 0 Å². The summed E-state index contributed by atoms with van der Waals surface area (Å²) in [5.41, 5.74) is -2.92. The number of rotatable bonds is 4. The second-order valence-corrected chi connectivity index (χ2v) is 7.50. The van der Waals surface area contributed by atoms with Crippen LogP contribution in [-0.4, -0.2) is 36.9 Å². The fraction of sp³-hybridized carbons (Fsp3) is 0.0909. The van der Waals surface area contributed by atoms with E-state index in [0.29, 0.717) is 10.7 Å². The Hall–Kier alpha value is -3.83. The molecule has 12 heteroatoms. The lowest BCUT2D eigenvalue weighted by Crippen LogP contribution is -2.20. The molecular weight excluding hydrogens is 482 g/mol. The van der Waals surface area contributed by atoms with Gasteiger partial charge in [0.1, 0.15) is 17.0 Å². The Morgan fingerprint density at radius 1 is 1.12 bits per heavy atom. The van der Waals surface area contributed by atoms with Crippen LogP contribution >= 0.6 is 11.6 Å². The van der Waals surface area contributed by atoms with Crippen molar-refractivity contribution in [1.29, 1.82) is 0 Å². The predicted octanol–water partition coefficient (Wildman–Crippen LogP) is 4.79. The Morgan fingerprint density at radius 3 is 2.47 bits per heavy atom. The number of aliphatic hydroxyl groups excluding tert-OH is 1. The van der Waals surface area contributed by atoms with E-state index in [2.05, 4.69) is 10.1 Å². The molecule has 0 unspecified atom stereocenters. The van der Waals surface area contributed by atoms with E-state index in [-0.39, 0.29) is 33.4 Å². The summed E-state index contributed by atoms with van der Waals surface area (Å²) in [7, 11) is 0. The molecule has 2 aromatic heterocycles. The fourth-order valence-corrected chi connectivity index (χ4v) is 3.64. The predicted molar refractivity (Wildman–Crippen MR) is 112 cm³/mol. The van der Waals surface area contributed by atoms with Crippen molar-refractivity contribution in [3.05, 3.63) is 81.8 Å². The standard InChI is InChI=1S/C22H12ClF4N3O4/c23-14-3-1-2-13(22(25,26)27)17(14)20(32)30-16-6-10(9-31)8-28-19(16)18(29-30)12-5-4-11(21(33)34)7-15(12)24/h1-8,31H,9H2,(H,33,34). The van der Waals surface area contributed by atoms with E-state index in [1.54, 1.807) is 0 Å². The third kappa shape index (κ3) is 3.99. The number of halogens is 5. The number of carboxylic acid groups (broad SMARTS) is 1. The molecular formula is C22H12ClF4N3O4. The molecule has 0 saturated carbocycles. The monoisotopic (exact) mass is 493 g/mol. The molecule has 174 valence electrons. The van der Waals surface area contributed by atoms with Gasteiger partial charge in [0.05, 0.1) is 33.8 Å². The average molecular weight is 494 g/mol. The van der Waals surface area contributed by atoms with Crippen LogP contribution in [0.2, 0.25) is 5.02 Å². The number of aromatic nitrogens is 3. The molecule has 34 heavy (non-hydrogen) atoms. The van der Waals surface area contributed by atoms with E-state index in [9.17, 15) is 32.3 Å². The van der Waals surface area contributed by atoms with Gasteiger partial charge in [-0.25, -0.2) is 9.18 Å². The number of fused-ring (bicyclic) bond motifs is 1. The number of aromatic carboxylic acids is 1. The van der Waals surface area contributed by atoms with E-state index in [0.717, 1.165) is 30.3 Å². The summed E-state index contributed by atoms with van der Waals surface area (Å²) >= 11 is 5.95. The summed E-state index contributed by atoms with van der Waals surface area (Å²) in [6, 6.07) is 7.05. The summed E-state index contributed by atoms with van der Waals surface area (Å²) < 4.78 is 56.1. The molecule has 0 aliphatic carbocycles. The van der Waals surface area contributed by atoms with Crippen molar-refractivity contribution < 1.29 is 37.4 Å². The van der Waals surface area contributed by atoms with Crippen molar-refractivity contribution >= 4 is 34.5 Å². The third-order valence-corrected chi connectivity index (χ3v) is 5.27. The molecule has 0 amide bonds. The summed E-state index contributed by atoms with van der Waals surface area (Å²) in [5, 5.41) is 22.0. The molecule has 0 bridgehead atoms. The van der Waals surface area contributed by atoms with Crippen molar-refractivity contribution in [3.8, 4) is 11.3 Å². The number of hydrogen-bond donors (Lipinski definition) is 2. The highest BCUT2D eigenvalue weighted by Crippen LogP contribution is 2.37. The van der Waals surface area contributed by atoms with Crippen LogP contribution in [0.1, 0.15) is 31.8 Å². The number of pyridine rings is 1. The van der Waals surface area contributed by atoms with E-state index in [4.69, 9.17) is 16.7 Å². The zero-order valence-electron chi connectivity index (χ0n) is 16.8. The van der Waals surface area contributed by atoms with Gasteiger partial charge in [0.2, 0.25) is 0 Å². The first-order valence-electron chi connectivity index (χ1n) is 9.45. The fourth-order valence-electron chi connectivity index (χ4n) is 3.39. The zero-order valence-corrected chi connectivity index (χ0v) is 17.5. The molecule has 2 N–H and O–H groups in total. The Morgan fingerprint density at radius 2 is 1.85 bits per heavy atom. The van der Waals surface area contributed by atoms with Crippen LogP contribution in [0.3, 0.4) is 0 Å². The number of benzene rings is 2. The quantitative estimate of drug-likeness (QED) is 0.396. The largest absolute Gasteiger partial charge is 0.478 e. The zero-order chi connectivity index (χ0) is 24.8. The Kier molecular flexibility index (Phi) is 5.84. The normalized spacial score (nSPS) is 11.7. The first kappa shape index (κ1) is 23.3. The average Bonchev–Trinajstić information content (AvgIpc) is 3.16. The first-order valence-corrected chi connectivity index (χ1v) is 9.83. The summed E-state index contributed by atoms with van der Waals surface area (Å²) in [6.07, 6.45) is -3.68. The lowest BCUT2D eigenvalue weighted by atomic mass is 10.1. The lowest BCUT2D eigenvalue weighted by Gasteiger charge is -2.13. The van der Waals surface area contributed by atoms with Crippen LogP contribution in [0.25, 0.3) is 22.3 Å². The Bertz CT molecular complexity index is 1470. The first-order chi connectivity index (χ1) is 16.0. The maximum Gasteiger partial charge on any atom is 0.417 e. The topological polar surface area (TPSA) is 105 Å². The molecule has 0 aliphatic rings. The second kappa shape index (κ2) is 8.50. The third-order valence-electron chi connectivity index (χ3n) is 4.96. The molecule has 4 rings (SSSR count). The maximum atomic E-state index is 14.8. The minimum atomic E-state index is -4.91. The molecule has 0 saturated heterocycles. The molecule has 0 aliphatic heterocycles. The second-order valence-electron chi connectivity index (χ2n) is 7.09. The molecule has 0 radical (unpaired) electrons. The number of nitrogens with zero attached hydrogens (tertiary/aromatic N) is 3. The van der Waals surface area contributed by atoms with Gasteiger partial charge in [-0.1, -0.05) is 17.7 Å². The van der Waals surface area contributed by atoms with Crippen molar-refractivity contribution in [2.45, 2.75) is 12.8 Å². The van der Waals surface area contributed by atoms with E-state index in [1.165, 1.54) is 12.3 Å². The minimum absolute atomic E-state index is 0.0619. The molecule has 4 aromatic rings.